The van der Waals surface area contributed by atoms with Crippen molar-refractivity contribution in [2.24, 2.45) is 0 Å². The van der Waals surface area contributed by atoms with Crippen LogP contribution in [0.3, 0.4) is 0 Å². The number of aryl methyl sites for hydroxylation is 2. The first-order valence-electron chi connectivity index (χ1n) is 8.66. The topological polar surface area (TPSA) is 78.6 Å². The van der Waals surface area contributed by atoms with Crippen LogP contribution < -0.4 is 10.2 Å². The molecular weight excluding hydrogens is 318 g/mol. The van der Waals surface area contributed by atoms with E-state index in [4.69, 9.17) is 4.52 Å². The number of hydrogen-bond acceptors (Lipinski definition) is 5. The molecule has 25 heavy (non-hydrogen) atoms. The predicted octanol–water partition coefficient (Wildman–Crippen LogP) is 2.07. The molecule has 0 spiro atoms. The first-order chi connectivity index (χ1) is 12.0. The van der Waals surface area contributed by atoms with Crippen LogP contribution in [0.25, 0.3) is 0 Å². The van der Waals surface area contributed by atoms with Crippen molar-refractivity contribution < 1.29 is 14.4 Å². The Morgan fingerprint density at radius 2 is 2.24 bits per heavy atom. The van der Waals surface area contributed by atoms with Gasteiger partial charge in [-0.25, -0.2) is 0 Å². The van der Waals surface area contributed by atoms with Crippen molar-refractivity contribution in [1.29, 1.82) is 0 Å². The summed E-state index contributed by atoms with van der Waals surface area (Å²) in [5.74, 6) is 0.674. The minimum Gasteiger partial charge on any atom is -0.387 e. The molecule has 0 radical (unpaired) electrons. The summed E-state index contributed by atoms with van der Waals surface area (Å²) in [4.78, 5) is 14.3. The first kappa shape index (κ1) is 17.5. The van der Waals surface area contributed by atoms with E-state index >= 15 is 0 Å². The number of carbonyl (C=O) groups excluding carboxylic acids is 1. The molecule has 1 aliphatic heterocycles. The van der Waals surface area contributed by atoms with E-state index < -0.39 is 6.10 Å². The number of amides is 1. The van der Waals surface area contributed by atoms with E-state index in [1.165, 1.54) is 11.3 Å². The highest BCUT2D eigenvalue weighted by Crippen LogP contribution is 2.29. The molecule has 0 saturated carbocycles. The lowest BCUT2D eigenvalue weighted by Gasteiger charge is -2.15. The van der Waals surface area contributed by atoms with Gasteiger partial charge in [-0.05, 0) is 43.9 Å². The van der Waals surface area contributed by atoms with Gasteiger partial charge in [0.25, 0.3) is 0 Å². The standard InChI is InChI=1S/C19H25N3O3/c1-12-16(13(2)25-21-12)5-7-19(24)20-11-18(23)15-4-6-17-14(10-15)8-9-22(17)3/h4,6,10,18,23H,5,7-9,11H2,1-3H3,(H,20,24). The fourth-order valence-electron chi connectivity index (χ4n) is 3.31. The molecule has 1 aromatic heterocycles. The van der Waals surface area contributed by atoms with Crippen LogP contribution in [0.5, 0.6) is 0 Å². The summed E-state index contributed by atoms with van der Waals surface area (Å²) >= 11 is 0. The van der Waals surface area contributed by atoms with Crippen molar-refractivity contribution in [2.45, 2.75) is 39.2 Å². The van der Waals surface area contributed by atoms with E-state index in [1.807, 2.05) is 32.0 Å². The lowest BCUT2D eigenvalue weighted by Crippen LogP contribution is -2.28. The summed E-state index contributed by atoms with van der Waals surface area (Å²) in [6.45, 7) is 4.95. The summed E-state index contributed by atoms with van der Waals surface area (Å²) in [6.07, 6.45) is 1.24. The van der Waals surface area contributed by atoms with Gasteiger partial charge >= 0.3 is 0 Å². The van der Waals surface area contributed by atoms with Crippen molar-refractivity contribution in [3.05, 3.63) is 46.3 Å². The highest BCUT2D eigenvalue weighted by atomic mass is 16.5. The maximum atomic E-state index is 12.0. The molecule has 2 heterocycles. The molecule has 1 unspecified atom stereocenters. The third-order valence-electron chi connectivity index (χ3n) is 4.89. The van der Waals surface area contributed by atoms with Crippen LogP contribution in [-0.2, 0) is 17.6 Å². The van der Waals surface area contributed by atoms with Crippen LogP contribution in [0, 0.1) is 13.8 Å². The molecule has 0 saturated heterocycles. The van der Waals surface area contributed by atoms with Gasteiger partial charge in [0.05, 0.1) is 11.8 Å². The Labute approximate surface area is 147 Å². The maximum absolute atomic E-state index is 12.0. The number of likely N-dealkylation sites (N-methyl/N-ethyl adjacent to an activating group) is 1. The maximum Gasteiger partial charge on any atom is 0.220 e. The molecule has 1 atom stereocenters. The normalized spacial score (nSPS) is 14.5. The Hall–Kier alpha value is -2.34. The number of aromatic nitrogens is 1. The molecule has 6 heteroatoms. The molecule has 1 aliphatic rings. The number of aliphatic hydroxyl groups excluding tert-OH is 1. The first-order valence-corrected chi connectivity index (χ1v) is 8.66. The van der Waals surface area contributed by atoms with Gasteiger partial charge in [-0.3, -0.25) is 4.79 Å². The van der Waals surface area contributed by atoms with Gasteiger partial charge in [0, 0.05) is 37.8 Å². The molecule has 1 aromatic carbocycles. The Balaban J connectivity index is 1.50. The molecule has 134 valence electrons. The van der Waals surface area contributed by atoms with Crippen molar-refractivity contribution >= 4 is 11.6 Å². The van der Waals surface area contributed by atoms with E-state index in [0.29, 0.717) is 12.8 Å². The van der Waals surface area contributed by atoms with Crippen molar-refractivity contribution in [3.8, 4) is 0 Å². The van der Waals surface area contributed by atoms with E-state index in [2.05, 4.69) is 22.4 Å². The van der Waals surface area contributed by atoms with Gasteiger partial charge in [0.2, 0.25) is 5.91 Å². The van der Waals surface area contributed by atoms with Crippen LogP contribution in [0.2, 0.25) is 0 Å². The predicted molar refractivity (Wildman–Crippen MR) is 95.7 cm³/mol. The van der Waals surface area contributed by atoms with Gasteiger partial charge in [-0.1, -0.05) is 17.3 Å². The Morgan fingerprint density at radius 3 is 2.96 bits per heavy atom. The third-order valence-corrected chi connectivity index (χ3v) is 4.89. The fourth-order valence-corrected chi connectivity index (χ4v) is 3.31. The molecule has 3 rings (SSSR count). The van der Waals surface area contributed by atoms with Gasteiger partial charge in [-0.2, -0.15) is 0 Å². The highest BCUT2D eigenvalue weighted by Gasteiger charge is 2.18. The smallest absolute Gasteiger partial charge is 0.220 e. The number of nitrogens with one attached hydrogen (secondary N) is 1. The Bertz CT molecular complexity index is 750. The summed E-state index contributed by atoms with van der Waals surface area (Å²) in [6, 6.07) is 6.01. The van der Waals surface area contributed by atoms with Crippen LogP contribution in [0.4, 0.5) is 5.69 Å². The number of fused-ring (bicyclic) bond motifs is 1. The minimum atomic E-state index is -0.695. The summed E-state index contributed by atoms with van der Waals surface area (Å²) in [5.41, 5.74) is 5.13. The van der Waals surface area contributed by atoms with Gasteiger partial charge in [-0.15, -0.1) is 0 Å². The number of benzene rings is 1. The number of nitrogens with zero attached hydrogens (tertiary/aromatic N) is 2. The zero-order chi connectivity index (χ0) is 18.0. The fraction of sp³-hybridized carbons (Fsp3) is 0.474. The molecule has 2 aromatic rings. The summed E-state index contributed by atoms with van der Waals surface area (Å²) in [5, 5.41) is 17.1. The molecule has 0 fully saturated rings. The largest absolute Gasteiger partial charge is 0.387 e. The molecule has 0 aliphatic carbocycles. The summed E-state index contributed by atoms with van der Waals surface area (Å²) in [7, 11) is 2.07. The van der Waals surface area contributed by atoms with E-state index in [1.54, 1.807) is 0 Å². The number of rotatable bonds is 6. The molecule has 1 amide bonds. The minimum absolute atomic E-state index is 0.0834. The van der Waals surface area contributed by atoms with E-state index in [-0.39, 0.29) is 12.5 Å². The number of aliphatic hydroxyl groups is 1. The number of anilines is 1. The quantitative estimate of drug-likeness (QED) is 0.839. The summed E-state index contributed by atoms with van der Waals surface area (Å²) < 4.78 is 5.10. The number of carbonyl (C=O) groups is 1. The number of hydrogen-bond donors (Lipinski definition) is 2. The monoisotopic (exact) mass is 343 g/mol. The highest BCUT2D eigenvalue weighted by molar-refractivity contribution is 5.76. The molecule has 6 nitrogen and oxygen atoms in total. The van der Waals surface area contributed by atoms with Crippen LogP contribution in [0.15, 0.2) is 22.7 Å². The molecule has 2 N–H and O–H groups in total. The lowest BCUT2D eigenvalue weighted by atomic mass is 10.0. The Morgan fingerprint density at radius 1 is 1.44 bits per heavy atom. The SMILES string of the molecule is Cc1noc(C)c1CCC(=O)NCC(O)c1ccc2c(c1)CCN2C. The zero-order valence-corrected chi connectivity index (χ0v) is 15.0. The zero-order valence-electron chi connectivity index (χ0n) is 15.0. The van der Waals surface area contributed by atoms with E-state index in [0.717, 1.165) is 35.5 Å². The third kappa shape index (κ3) is 3.85. The van der Waals surface area contributed by atoms with Crippen LogP contribution in [0.1, 0.15) is 40.7 Å². The van der Waals surface area contributed by atoms with Crippen LogP contribution in [-0.4, -0.2) is 36.3 Å². The second-order valence-corrected chi connectivity index (χ2v) is 6.68. The molecule has 0 bridgehead atoms. The van der Waals surface area contributed by atoms with Gasteiger partial charge in [0.15, 0.2) is 0 Å². The lowest BCUT2D eigenvalue weighted by molar-refractivity contribution is -0.121. The van der Waals surface area contributed by atoms with Crippen molar-refractivity contribution in [1.82, 2.24) is 10.5 Å². The molecular formula is C19H25N3O3. The average molecular weight is 343 g/mol. The van der Waals surface area contributed by atoms with E-state index in [9.17, 15) is 9.90 Å². The van der Waals surface area contributed by atoms with Crippen molar-refractivity contribution in [2.75, 3.05) is 25.0 Å². The second-order valence-electron chi connectivity index (χ2n) is 6.68. The second kappa shape index (κ2) is 7.27. The van der Waals surface area contributed by atoms with Gasteiger partial charge in [0.1, 0.15) is 5.76 Å². The van der Waals surface area contributed by atoms with Gasteiger partial charge < -0.3 is 19.8 Å². The van der Waals surface area contributed by atoms with Crippen molar-refractivity contribution in [3.63, 3.8) is 0 Å². The Kier molecular flexibility index (Phi) is 5.08. The average Bonchev–Trinajstić information content (AvgIpc) is 3.13. The van der Waals surface area contributed by atoms with Crippen LogP contribution >= 0.6 is 0 Å².